The van der Waals surface area contributed by atoms with Crippen LogP contribution in [0.25, 0.3) is 0 Å². The van der Waals surface area contributed by atoms with Crippen molar-refractivity contribution in [1.29, 1.82) is 0 Å². The van der Waals surface area contributed by atoms with Gasteiger partial charge in [-0.15, -0.1) is 0 Å². The number of hydrogen-bond acceptors (Lipinski definition) is 5. The van der Waals surface area contributed by atoms with E-state index in [0.717, 1.165) is 23.2 Å². The highest BCUT2D eigenvalue weighted by atomic mass is 16.6. The van der Waals surface area contributed by atoms with Gasteiger partial charge in [-0.2, -0.15) is 0 Å². The van der Waals surface area contributed by atoms with Crippen LogP contribution in [-0.2, 0) is 14.3 Å². The lowest BCUT2D eigenvalue weighted by atomic mass is 10.1. The van der Waals surface area contributed by atoms with Crippen LogP contribution in [0.1, 0.15) is 31.4 Å². The van der Waals surface area contributed by atoms with Gasteiger partial charge >= 0.3 is 5.97 Å². The third-order valence-corrected chi connectivity index (χ3v) is 4.06. The number of carbonyl (C=O) groups is 2. The summed E-state index contributed by atoms with van der Waals surface area (Å²) in [4.78, 5) is 24.4. The quantitative estimate of drug-likeness (QED) is 0.660. The molecule has 28 heavy (non-hydrogen) atoms. The Morgan fingerprint density at radius 2 is 1.57 bits per heavy atom. The van der Waals surface area contributed by atoms with Crippen LogP contribution >= 0.6 is 0 Å². The van der Waals surface area contributed by atoms with Crippen molar-refractivity contribution in [3.63, 3.8) is 0 Å². The molecule has 0 aliphatic heterocycles. The Hall–Kier alpha value is -3.02. The van der Waals surface area contributed by atoms with Gasteiger partial charge in [0, 0.05) is 5.69 Å². The maximum Gasteiger partial charge on any atom is 0.344 e. The van der Waals surface area contributed by atoms with Crippen LogP contribution in [0.3, 0.4) is 0 Å². The fourth-order valence-corrected chi connectivity index (χ4v) is 2.56. The Morgan fingerprint density at radius 3 is 2.18 bits per heavy atom. The standard InChI is InChI=1S/C22H27NO5/c1-5-13-26-18-11-6-7-12-19(18)27-14-20(24)28-17(4)22(25)23-21-15(2)9-8-10-16(21)3/h6-12,17H,5,13-14H2,1-4H3,(H,23,25)/t17-/m0/s1. The predicted molar refractivity (Wildman–Crippen MR) is 108 cm³/mol. The van der Waals surface area contributed by atoms with E-state index in [-0.39, 0.29) is 6.61 Å². The van der Waals surface area contributed by atoms with Crippen molar-refractivity contribution in [1.82, 2.24) is 0 Å². The monoisotopic (exact) mass is 385 g/mol. The first-order valence-corrected chi connectivity index (χ1v) is 9.33. The van der Waals surface area contributed by atoms with Gasteiger partial charge in [-0.25, -0.2) is 4.79 Å². The number of amides is 1. The zero-order valence-electron chi connectivity index (χ0n) is 16.8. The van der Waals surface area contributed by atoms with Gasteiger partial charge in [-0.3, -0.25) is 4.79 Å². The molecule has 1 atom stereocenters. The van der Waals surface area contributed by atoms with Crippen LogP contribution in [0.2, 0.25) is 0 Å². The number of esters is 1. The first kappa shape index (κ1) is 21.3. The summed E-state index contributed by atoms with van der Waals surface area (Å²) in [6.07, 6.45) is -0.0784. The van der Waals surface area contributed by atoms with Gasteiger partial charge in [0.2, 0.25) is 0 Å². The molecule has 2 aromatic rings. The van der Waals surface area contributed by atoms with Crippen molar-refractivity contribution >= 4 is 17.6 Å². The van der Waals surface area contributed by atoms with E-state index in [1.807, 2.05) is 45.0 Å². The largest absolute Gasteiger partial charge is 0.490 e. The average Bonchev–Trinajstić information content (AvgIpc) is 2.68. The Bertz CT molecular complexity index is 798. The molecule has 6 heteroatoms. The molecule has 2 rings (SSSR count). The maximum absolute atomic E-state index is 12.3. The van der Waals surface area contributed by atoms with E-state index in [1.54, 1.807) is 18.2 Å². The second-order valence-electron chi connectivity index (χ2n) is 6.47. The summed E-state index contributed by atoms with van der Waals surface area (Å²) in [7, 11) is 0. The minimum absolute atomic E-state index is 0.312. The van der Waals surface area contributed by atoms with E-state index in [1.165, 1.54) is 6.92 Å². The SMILES string of the molecule is CCCOc1ccccc1OCC(=O)O[C@@H](C)C(=O)Nc1c(C)cccc1C. The second kappa shape index (κ2) is 10.3. The zero-order valence-corrected chi connectivity index (χ0v) is 16.8. The highest BCUT2D eigenvalue weighted by Gasteiger charge is 2.20. The number of benzene rings is 2. The van der Waals surface area contributed by atoms with E-state index in [4.69, 9.17) is 14.2 Å². The summed E-state index contributed by atoms with van der Waals surface area (Å²) in [5.74, 6) is 0.00499. The van der Waals surface area contributed by atoms with Crippen LogP contribution in [-0.4, -0.2) is 31.2 Å². The van der Waals surface area contributed by atoms with Gasteiger partial charge in [0.1, 0.15) is 0 Å². The van der Waals surface area contributed by atoms with Crippen LogP contribution < -0.4 is 14.8 Å². The summed E-state index contributed by atoms with van der Waals surface area (Å²) >= 11 is 0. The molecule has 0 aliphatic rings. The molecular formula is C22H27NO5. The van der Waals surface area contributed by atoms with Gasteiger partial charge < -0.3 is 19.5 Å². The summed E-state index contributed by atoms with van der Waals surface area (Å²) in [6, 6.07) is 12.8. The number of anilines is 1. The second-order valence-corrected chi connectivity index (χ2v) is 6.47. The minimum atomic E-state index is -0.943. The first-order chi connectivity index (χ1) is 13.4. The summed E-state index contributed by atoms with van der Waals surface area (Å²) < 4.78 is 16.3. The van der Waals surface area contributed by atoms with Crippen LogP contribution in [0.4, 0.5) is 5.69 Å². The van der Waals surface area contributed by atoms with Crippen molar-refractivity contribution in [3.8, 4) is 11.5 Å². The van der Waals surface area contributed by atoms with Crippen molar-refractivity contribution < 1.29 is 23.8 Å². The lowest BCUT2D eigenvalue weighted by molar-refractivity contribution is -0.155. The lowest BCUT2D eigenvalue weighted by Crippen LogP contribution is -2.32. The third-order valence-electron chi connectivity index (χ3n) is 4.06. The zero-order chi connectivity index (χ0) is 20.5. The number of para-hydroxylation sites is 3. The van der Waals surface area contributed by atoms with Gasteiger partial charge in [0.05, 0.1) is 6.61 Å². The fourth-order valence-electron chi connectivity index (χ4n) is 2.56. The molecule has 6 nitrogen and oxygen atoms in total. The van der Waals surface area contributed by atoms with Gasteiger partial charge in [0.25, 0.3) is 5.91 Å². The Morgan fingerprint density at radius 1 is 0.964 bits per heavy atom. The van der Waals surface area contributed by atoms with Crippen LogP contribution in [0.5, 0.6) is 11.5 Å². The predicted octanol–water partition coefficient (Wildman–Crippen LogP) is 4.04. The average molecular weight is 385 g/mol. The van der Waals surface area contributed by atoms with E-state index in [2.05, 4.69) is 5.32 Å². The molecule has 1 N–H and O–H groups in total. The lowest BCUT2D eigenvalue weighted by Gasteiger charge is -2.17. The molecule has 1 amide bonds. The molecule has 0 radical (unpaired) electrons. The highest BCUT2D eigenvalue weighted by molar-refractivity contribution is 5.96. The topological polar surface area (TPSA) is 73.9 Å². The van der Waals surface area contributed by atoms with Crippen molar-refractivity contribution in [2.24, 2.45) is 0 Å². The normalized spacial score (nSPS) is 11.4. The molecular weight excluding hydrogens is 358 g/mol. The molecule has 2 aromatic carbocycles. The van der Waals surface area contributed by atoms with Crippen LogP contribution in [0, 0.1) is 13.8 Å². The van der Waals surface area contributed by atoms with Gasteiger partial charge in [-0.05, 0) is 50.5 Å². The first-order valence-electron chi connectivity index (χ1n) is 9.33. The van der Waals surface area contributed by atoms with E-state index < -0.39 is 18.0 Å². The molecule has 0 saturated heterocycles. The molecule has 150 valence electrons. The molecule has 0 aromatic heterocycles. The van der Waals surface area contributed by atoms with E-state index in [9.17, 15) is 9.59 Å². The minimum Gasteiger partial charge on any atom is -0.490 e. The number of nitrogens with one attached hydrogen (secondary N) is 1. The Balaban J connectivity index is 1.88. The fraction of sp³-hybridized carbons (Fsp3) is 0.364. The number of ether oxygens (including phenoxy) is 3. The van der Waals surface area contributed by atoms with Crippen molar-refractivity contribution in [2.45, 2.75) is 40.2 Å². The summed E-state index contributed by atoms with van der Waals surface area (Å²) in [5.41, 5.74) is 2.62. The van der Waals surface area contributed by atoms with E-state index in [0.29, 0.717) is 18.1 Å². The Labute approximate surface area is 165 Å². The van der Waals surface area contributed by atoms with Crippen molar-refractivity contribution in [3.05, 3.63) is 53.6 Å². The van der Waals surface area contributed by atoms with Gasteiger partial charge in [-0.1, -0.05) is 37.3 Å². The number of aryl methyl sites for hydroxylation is 2. The smallest absolute Gasteiger partial charge is 0.344 e. The summed E-state index contributed by atoms with van der Waals surface area (Å²) in [5, 5.41) is 2.81. The third kappa shape index (κ3) is 6.01. The molecule has 0 saturated carbocycles. The number of hydrogen-bond donors (Lipinski definition) is 1. The maximum atomic E-state index is 12.3. The molecule has 0 bridgehead atoms. The molecule has 0 heterocycles. The molecule has 0 aliphatic carbocycles. The molecule has 0 fully saturated rings. The van der Waals surface area contributed by atoms with Crippen molar-refractivity contribution in [2.75, 3.05) is 18.5 Å². The highest BCUT2D eigenvalue weighted by Crippen LogP contribution is 2.26. The van der Waals surface area contributed by atoms with Crippen LogP contribution in [0.15, 0.2) is 42.5 Å². The Kier molecular flexibility index (Phi) is 7.87. The number of rotatable bonds is 9. The summed E-state index contributed by atoms with van der Waals surface area (Å²) in [6.45, 7) is 7.59. The number of carbonyl (C=O) groups excluding carboxylic acids is 2. The van der Waals surface area contributed by atoms with E-state index >= 15 is 0 Å². The van der Waals surface area contributed by atoms with Gasteiger partial charge in [0.15, 0.2) is 24.2 Å². The molecule has 0 spiro atoms. The molecule has 0 unspecified atom stereocenters.